The number of hydrogen-bond donors (Lipinski definition) is 1. The number of rotatable bonds is 4. The highest BCUT2D eigenvalue weighted by atomic mass is 127. The van der Waals surface area contributed by atoms with Gasteiger partial charge in [0.25, 0.3) is 0 Å². The van der Waals surface area contributed by atoms with E-state index in [4.69, 9.17) is 16.1 Å². The Bertz CT molecular complexity index is 621. The predicted molar refractivity (Wildman–Crippen MR) is 103 cm³/mol. The van der Waals surface area contributed by atoms with Crippen LogP contribution in [0.2, 0.25) is 5.02 Å². The Hall–Kier alpha value is -0.800. The van der Waals surface area contributed by atoms with E-state index < -0.39 is 0 Å². The average molecular weight is 500 g/mol. The topological polar surface area (TPSA) is 53.7 Å². The van der Waals surface area contributed by atoms with Crippen LogP contribution in [0, 0.1) is 0 Å². The lowest BCUT2D eigenvalue weighted by molar-refractivity contribution is 0.391. The molecule has 2 aromatic rings. The highest BCUT2D eigenvalue weighted by Crippen LogP contribution is 2.21. The van der Waals surface area contributed by atoms with Gasteiger partial charge in [-0.15, -0.1) is 24.0 Å². The minimum Gasteiger partial charge on any atom is -0.364 e. The lowest BCUT2D eigenvalue weighted by atomic mass is 10.2. The van der Waals surface area contributed by atoms with Gasteiger partial charge in [0.1, 0.15) is 12.0 Å². The maximum atomic E-state index is 6.20. The van der Waals surface area contributed by atoms with E-state index in [9.17, 15) is 0 Å². The number of aliphatic imine (C=N–C) groups is 1. The van der Waals surface area contributed by atoms with Crippen LogP contribution in [-0.2, 0) is 13.1 Å². The minimum atomic E-state index is 0. The van der Waals surface area contributed by atoms with Crippen molar-refractivity contribution < 1.29 is 4.52 Å². The Morgan fingerprint density at radius 3 is 2.82 bits per heavy atom. The largest absolute Gasteiger partial charge is 0.364 e. The standard InChI is InChI=1S/C14H16BrClN4O.HI/c1-17-14(20(2)9-12-5-6-21-19-12)18-8-10-3-4-11(15)7-13(10)16;/h3-7H,8-9H2,1-2H3,(H,17,18);1H. The third-order valence-electron chi connectivity index (χ3n) is 2.92. The summed E-state index contributed by atoms with van der Waals surface area (Å²) in [7, 11) is 3.68. The molecule has 1 aromatic heterocycles. The molecular weight excluding hydrogens is 482 g/mol. The van der Waals surface area contributed by atoms with E-state index in [0.29, 0.717) is 18.1 Å². The predicted octanol–water partition coefficient (Wildman–Crippen LogP) is 3.92. The Kier molecular flexibility index (Phi) is 8.19. The molecule has 0 fully saturated rings. The second kappa shape index (κ2) is 9.36. The summed E-state index contributed by atoms with van der Waals surface area (Å²) in [6.07, 6.45) is 1.56. The smallest absolute Gasteiger partial charge is 0.194 e. The van der Waals surface area contributed by atoms with Crippen molar-refractivity contribution in [2.24, 2.45) is 4.99 Å². The van der Waals surface area contributed by atoms with Crippen LogP contribution in [0.4, 0.5) is 0 Å². The van der Waals surface area contributed by atoms with Crippen LogP contribution < -0.4 is 5.32 Å². The molecular formula is C14H17BrClIN4O. The van der Waals surface area contributed by atoms with Crippen molar-refractivity contribution in [3.63, 3.8) is 0 Å². The summed E-state index contributed by atoms with van der Waals surface area (Å²) >= 11 is 9.60. The molecule has 0 saturated carbocycles. The van der Waals surface area contributed by atoms with Crippen LogP contribution in [0.1, 0.15) is 11.3 Å². The Morgan fingerprint density at radius 2 is 2.23 bits per heavy atom. The summed E-state index contributed by atoms with van der Waals surface area (Å²) < 4.78 is 5.79. The van der Waals surface area contributed by atoms with Gasteiger partial charge in [-0.05, 0) is 17.7 Å². The number of hydrogen-bond acceptors (Lipinski definition) is 3. The second-order valence-electron chi connectivity index (χ2n) is 4.48. The molecule has 0 unspecified atom stereocenters. The average Bonchev–Trinajstić information content (AvgIpc) is 2.94. The molecule has 2 rings (SSSR count). The van der Waals surface area contributed by atoms with Crippen LogP contribution in [-0.4, -0.2) is 30.1 Å². The van der Waals surface area contributed by atoms with Gasteiger partial charge in [0.05, 0.1) is 6.54 Å². The van der Waals surface area contributed by atoms with E-state index in [1.54, 1.807) is 13.3 Å². The second-order valence-corrected chi connectivity index (χ2v) is 5.81. The van der Waals surface area contributed by atoms with E-state index in [-0.39, 0.29) is 24.0 Å². The maximum Gasteiger partial charge on any atom is 0.194 e. The molecule has 0 amide bonds. The molecule has 0 aliphatic rings. The first-order valence-corrected chi connectivity index (χ1v) is 7.52. The van der Waals surface area contributed by atoms with Gasteiger partial charge in [-0.1, -0.05) is 38.8 Å². The zero-order valence-corrected chi connectivity index (χ0v) is 16.9. The molecule has 0 spiro atoms. The van der Waals surface area contributed by atoms with E-state index in [1.807, 2.05) is 36.2 Å². The molecule has 0 saturated heterocycles. The van der Waals surface area contributed by atoms with E-state index in [2.05, 4.69) is 31.4 Å². The lowest BCUT2D eigenvalue weighted by Crippen LogP contribution is -2.38. The van der Waals surface area contributed by atoms with Crippen LogP contribution in [0.25, 0.3) is 0 Å². The van der Waals surface area contributed by atoms with Gasteiger partial charge in [-0.3, -0.25) is 4.99 Å². The molecule has 0 radical (unpaired) electrons. The van der Waals surface area contributed by atoms with Crippen molar-refractivity contribution in [2.75, 3.05) is 14.1 Å². The third-order valence-corrected chi connectivity index (χ3v) is 3.76. The van der Waals surface area contributed by atoms with Crippen molar-refractivity contribution in [2.45, 2.75) is 13.1 Å². The van der Waals surface area contributed by atoms with Crippen molar-refractivity contribution >= 4 is 57.5 Å². The fourth-order valence-corrected chi connectivity index (χ4v) is 2.60. The summed E-state index contributed by atoms with van der Waals surface area (Å²) in [5, 5.41) is 7.88. The highest BCUT2D eigenvalue weighted by molar-refractivity contribution is 14.0. The van der Waals surface area contributed by atoms with Gasteiger partial charge in [0.15, 0.2) is 5.96 Å². The zero-order chi connectivity index (χ0) is 15.2. The number of aromatic nitrogens is 1. The van der Waals surface area contributed by atoms with Gasteiger partial charge >= 0.3 is 0 Å². The summed E-state index contributed by atoms with van der Waals surface area (Å²) in [6.45, 7) is 1.21. The minimum absolute atomic E-state index is 0. The van der Waals surface area contributed by atoms with Gasteiger partial charge in [-0.2, -0.15) is 0 Å². The van der Waals surface area contributed by atoms with E-state index >= 15 is 0 Å². The summed E-state index contributed by atoms with van der Waals surface area (Å²) in [5.74, 6) is 0.761. The first-order chi connectivity index (χ1) is 10.1. The molecule has 0 bridgehead atoms. The Balaban J connectivity index is 0.00000242. The molecule has 0 atom stereocenters. The maximum absolute atomic E-state index is 6.20. The monoisotopic (exact) mass is 498 g/mol. The quantitative estimate of drug-likeness (QED) is 0.394. The van der Waals surface area contributed by atoms with Gasteiger partial charge in [0.2, 0.25) is 0 Å². The lowest BCUT2D eigenvalue weighted by Gasteiger charge is -2.21. The van der Waals surface area contributed by atoms with Crippen molar-refractivity contribution in [3.8, 4) is 0 Å². The molecule has 1 aromatic carbocycles. The molecule has 22 heavy (non-hydrogen) atoms. The number of nitrogens with zero attached hydrogens (tertiary/aromatic N) is 3. The number of benzene rings is 1. The van der Waals surface area contributed by atoms with Crippen LogP contribution in [0.3, 0.4) is 0 Å². The molecule has 1 heterocycles. The van der Waals surface area contributed by atoms with Crippen molar-refractivity contribution in [1.29, 1.82) is 0 Å². The highest BCUT2D eigenvalue weighted by Gasteiger charge is 2.09. The van der Waals surface area contributed by atoms with Gasteiger partial charge < -0.3 is 14.7 Å². The Labute approximate surface area is 160 Å². The van der Waals surface area contributed by atoms with Crippen LogP contribution in [0.5, 0.6) is 0 Å². The normalized spacial score (nSPS) is 11.0. The molecule has 8 heteroatoms. The van der Waals surface area contributed by atoms with Crippen LogP contribution in [0.15, 0.2) is 44.5 Å². The summed E-state index contributed by atoms with van der Waals surface area (Å²) in [6, 6.07) is 7.64. The fraction of sp³-hybridized carbons (Fsp3) is 0.286. The van der Waals surface area contributed by atoms with Crippen LogP contribution >= 0.6 is 51.5 Å². The molecule has 5 nitrogen and oxygen atoms in total. The fourth-order valence-electron chi connectivity index (χ4n) is 1.86. The van der Waals surface area contributed by atoms with Gasteiger partial charge in [-0.25, -0.2) is 0 Å². The SMILES string of the molecule is CN=C(NCc1ccc(Br)cc1Cl)N(C)Cc1ccon1.I. The van der Waals surface area contributed by atoms with Gasteiger partial charge in [0, 0.05) is 36.2 Å². The summed E-state index contributed by atoms with van der Waals surface area (Å²) in [4.78, 5) is 6.21. The zero-order valence-electron chi connectivity index (χ0n) is 12.2. The van der Waals surface area contributed by atoms with E-state index in [1.165, 1.54) is 0 Å². The molecule has 1 N–H and O–H groups in total. The first-order valence-electron chi connectivity index (χ1n) is 6.35. The number of nitrogens with one attached hydrogen (secondary N) is 1. The molecule has 120 valence electrons. The third kappa shape index (κ3) is 5.44. The molecule has 0 aliphatic heterocycles. The first kappa shape index (κ1) is 19.2. The molecule has 0 aliphatic carbocycles. The van der Waals surface area contributed by atoms with E-state index in [0.717, 1.165) is 21.7 Å². The summed E-state index contributed by atoms with van der Waals surface area (Å²) in [5.41, 5.74) is 1.86. The van der Waals surface area contributed by atoms with Crippen molar-refractivity contribution in [3.05, 3.63) is 51.3 Å². The number of halogens is 3. The Morgan fingerprint density at radius 1 is 1.45 bits per heavy atom. The van der Waals surface area contributed by atoms with Crippen molar-refractivity contribution in [1.82, 2.24) is 15.4 Å². The number of guanidine groups is 1.